The Morgan fingerprint density at radius 3 is 2.67 bits per heavy atom. The van der Waals surface area contributed by atoms with Gasteiger partial charge in [-0.05, 0) is 25.0 Å². The van der Waals surface area contributed by atoms with Crippen LogP contribution in [0.3, 0.4) is 0 Å². The summed E-state index contributed by atoms with van der Waals surface area (Å²) >= 11 is 0. The van der Waals surface area contributed by atoms with E-state index in [4.69, 9.17) is 4.74 Å². The summed E-state index contributed by atoms with van der Waals surface area (Å²) < 4.78 is 5.69. The summed E-state index contributed by atoms with van der Waals surface area (Å²) in [4.78, 5) is 24.1. The number of carbonyl (C=O) groups excluding carboxylic acids is 1. The van der Waals surface area contributed by atoms with Gasteiger partial charge in [-0.15, -0.1) is 0 Å². The van der Waals surface area contributed by atoms with Crippen molar-refractivity contribution in [3.63, 3.8) is 0 Å². The number of hydrogen-bond donors (Lipinski definition) is 2. The molecule has 0 spiro atoms. The quantitative estimate of drug-likeness (QED) is 0.752. The van der Waals surface area contributed by atoms with Gasteiger partial charge in [0.15, 0.2) is 5.65 Å². The summed E-state index contributed by atoms with van der Waals surface area (Å²) in [6, 6.07) is 9.40. The zero-order valence-corrected chi connectivity index (χ0v) is 13.9. The molecule has 2 aromatic heterocycles. The number of aromatic nitrogens is 3. The highest BCUT2D eigenvalue weighted by atomic mass is 16.5. The molecule has 2 N–H and O–H groups in total. The smallest absolute Gasteiger partial charge is 0.255 e. The topological polar surface area (TPSA) is 79.9 Å². The maximum Gasteiger partial charge on any atom is 0.255 e. The van der Waals surface area contributed by atoms with Gasteiger partial charge in [0.25, 0.3) is 5.91 Å². The minimum Gasteiger partial charge on any atom is -0.437 e. The molecule has 0 aliphatic rings. The molecule has 3 aromatic rings. The van der Waals surface area contributed by atoms with E-state index in [1.165, 1.54) is 6.20 Å². The highest BCUT2D eigenvalue weighted by molar-refractivity contribution is 6.04. The van der Waals surface area contributed by atoms with Crippen LogP contribution in [0.15, 0.2) is 42.7 Å². The zero-order chi connectivity index (χ0) is 17.1. The minimum absolute atomic E-state index is 0.0687. The van der Waals surface area contributed by atoms with Crippen LogP contribution in [-0.4, -0.2) is 26.9 Å². The lowest BCUT2D eigenvalue weighted by atomic mass is 10.1. The summed E-state index contributed by atoms with van der Waals surface area (Å²) in [6.07, 6.45) is 3.16. The molecule has 6 nitrogen and oxygen atoms in total. The number of rotatable bonds is 5. The molecule has 24 heavy (non-hydrogen) atoms. The predicted octanol–water partition coefficient (Wildman–Crippen LogP) is 3.52. The Labute approximate surface area is 140 Å². The third-order valence-electron chi connectivity index (χ3n) is 3.93. The molecule has 2 heterocycles. The van der Waals surface area contributed by atoms with Gasteiger partial charge in [0, 0.05) is 12.2 Å². The first-order chi connectivity index (χ1) is 11.5. The Morgan fingerprint density at radius 1 is 1.21 bits per heavy atom. The van der Waals surface area contributed by atoms with Crippen LogP contribution in [0.4, 0.5) is 0 Å². The largest absolute Gasteiger partial charge is 0.437 e. The number of hydrogen-bond acceptors (Lipinski definition) is 4. The Balaban J connectivity index is 1.87. The molecular weight excluding hydrogens is 304 g/mol. The number of para-hydroxylation sites is 1. The number of nitrogens with zero attached hydrogens (tertiary/aromatic N) is 2. The van der Waals surface area contributed by atoms with Gasteiger partial charge in [-0.25, -0.2) is 9.97 Å². The van der Waals surface area contributed by atoms with E-state index >= 15 is 0 Å². The van der Waals surface area contributed by atoms with Crippen LogP contribution in [-0.2, 0) is 0 Å². The Morgan fingerprint density at radius 2 is 1.96 bits per heavy atom. The normalized spacial score (nSPS) is 12.3. The maximum absolute atomic E-state index is 12.5. The van der Waals surface area contributed by atoms with Crippen molar-refractivity contribution in [2.45, 2.75) is 26.8 Å². The summed E-state index contributed by atoms with van der Waals surface area (Å²) in [5, 5.41) is 2.98. The Bertz CT molecular complexity index is 843. The fourth-order valence-electron chi connectivity index (χ4n) is 2.16. The highest BCUT2D eigenvalue weighted by Gasteiger charge is 2.18. The molecule has 0 radical (unpaired) electrons. The van der Waals surface area contributed by atoms with Gasteiger partial charge in [0.05, 0.1) is 11.8 Å². The van der Waals surface area contributed by atoms with Gasteiger partial charge in [0.2, 0.25) is 5.88 Å². The standard InChI is InChI=1S/C18H20N4O2/c1-11(2)12(3)21-18(23)14-9-19-17-16(14)22-15(10-20-17)24-13-7-5-4-6-8-13/h4-12H,1-3H3,(H,19,20)(H,21,23)/t12-/m0/s1. The Kier molecular flexibility index (Phi) is 4.46. The fraction of sp³-hybridized carbons (Fsp3) is 0.278. The number of aromatic amines is 1. The number of fused-ring (bicyclic) bond motifs is 1. The van der Waals surface area contributed by atoms with Crippen LogP contribution in [0.25, 0.3) is 11.2 Å². The minimum atomic E-state index is -0.173. The molecule has 0 fully saturated rings. The number of amides is 1. The molecule has 1 atom stereocenters. The van der Waals surface area contributed by atoms with E-state index in [9.17, 15) is 4.79 Å². The molecule has 3 rings (SSSR count). The van der Waals surface area contributed by atoms with Crippen molar-refractivity contribution in [2.75, 3.05) is 0 Å². The number of benzene rings is 1. The van der Waals surface area contributed by atoms with E-state index in [-0.39, 0.29) is 11.9 Å². The average molecular weight is 324 g/mol. The van der Waals surface area contributed by atoms with Gasteiger partial charge in [-0.3, -0.25) is 4.79 Å². The van der Waals surface area contributed by atoms with Crippen molar-refractivity contribution in [1.29, 1.82) is 0 Å². The van der Waals surface area contributed by atoms with Crippen LogP contribution < -0.4 is 10.1 Å². The summed E-state index contributed by atoms with van der Waals surface area (Å²) in [5.41, 5.74) is 1.51. The van der Waals surface area contributed by atoms with Gasteiger partial charge in [0.1, 0.15) is 11.3 Å². The summed E-state index contributed by atoms with van der Waals surface area (Å²) in [6.45, 7) is 6.10. The van der Waals surface area contributed by atoms with Gasteiger partial charge in [-0.1, -0.05) is 32.0 Å². The lowest BCUT2D eigenvalue weighted by Gasteiger charge is -2.16. The van der Waals surface area contributed by atoms with Crippen LogP contribution in [0.2, 0.25) is 0 Å². The number of H-pyrrole nitrogens is 1. The number of carbonyl (C=O) groups is 1. The molecule has 0 bridgehead atoms. The second-order valence-corrected chi connectivity index (χ2v) is 6.03. The molecule has 1 amide bonds. The first kappa shape index (κ1) is 16.0. The van der Waals surface area contributed by atoms with Crippen LogP contribution in [0.1, 0.15) is 31.1 Å². The first-order valence-corrected chi connectivity index (χ1v) is 7.92. The predicted molar refractivity (Wildman–Crippen MR) is 92.2 cm³/mol. The monoisotopic (exact) mass is 324 g/mol. The first-order valence-electron chi connectivity index (χ1n) is 7.92. The van der Waals surface area contributed by atoms with Crippen molar-refractivity contribution in [1.82, 2.24) is 20.3 Å². The van der Waals surface area contributed by atoms with Crippen molar-refractivity contribution >= 4 is 17.1 Å². The van der Waals surface area contributed by atoms with E-state index in [0.29, 0.717) is 34.3 Å². The zero-order valence-electron chi connectivity index (χ0n) is 13.9. The Hall–Kier alpha value is -2.89. The maximum atomic E-state index is 12.5. The van der Waals surface area contributed by atoms with Gasteiger partial charge in [-0.2, -0.15) is 0 Å². The third-order valence-corrected chi connectivity index (χ3v) is 3.93. The van der Waals surface area contributed by atoms with Crippen molar-refractivity contribution in [3.05, 3.63) is 48.3 Å². The number of nitrogens with one attached hydrogen (secondary N) is 2. The van der Waals surface area contributed by atoms with Gasteiger partial charge >= 0.3 is 0 Å². The van der Waals surface area contributed by atoms with Crippen molar-refractivity contribution in [2.24, 2.45) is 5.92 Å². The van der Waals surface area contributed by atoms with Crippen molar-refractivity contribution in [3.8, 4) is 11.6 Å². The molecule has 124 valence electrons. The average Bonchev–Trinajstić information content (AvgIpc) is 2.99. The highest BCUT2D eigenvalue weighted by Crippen LogP contribution is 2.22. The molecule has 0 aliphatic heterocycles. The molecule has 0 saturated carbocycles. The molecular formula is C18H20N4O2. The van der Waals surface area contributed by atoms with Crippen LogP contribution in [0.5, 0.6) is 11.6 Å². The van der Waals surface area contributed by atoms with E-state index < -0.39 is 0 Å². The van der Waals surface area contributed by atoms with E-state index in [1.807, 2.05) is 37.3 Å². The third kappa shape index (κ3) is 3.37. The summed E-state index contributed by atoms with van der Waals surface area (Å²) in [5.74, 6) is 1.19. The molecule has 0 unspecified atom stereocenters. The fourth-order valence-corrected chi connectivity index (χ4v) is 2.16. The molecule has 0 saturated heterocycles. The van der Waals surface area contributed by atoms with E-state index in [0.717, 1.165) is 0 Å². The SMILES string of the molecule is CC(C)[C@H](C)NC(=O)c1c[nH]c2ncc(Oc3ccccc3)nc12. The number of ether oxygens (including phenoxy) is 1. The molecule has 6 heteroatoms. The van der Waals surface area contributed by atoms with Crippen LogP contribution >= 0.6 is 0 Å². The van der Waals surface area contributed by atoms with E-state index in [2.05, 4.69) is 34.1 Å². The second kappa shape index (κ2) is 6.70. The van der Waals surface area contributed by atoms with Crippen molar-refractivity contribution < 1.29 is 9.53 Å². The molecule has 1 aromatic carbocycles. The van der Waals surface area contributed by atoms with Gasteiger partial charge < -0.3 is 15.0 Å². The van der Waals surface area contributed by atoms with Crippen LogP contribution in [0, 0.1) is 5.92 Å². The lowest BCUT2D eigenvalue weighted by molar-refractivity contribution is 0.0932. The lowest BCUT2D eigenvalue weighted by Crippen LogP contribution is -2.36. The summed E-state index contributed by atoms with van der Waals surface area (Å²) in [7, 11) is 0. The van der Waals surface area contributed by atoms with E-state index in [1.54, 1.807) is 6.20 Å². The second-order valence-electron chi connectivity index (χ2n) is 6.03. The molecule has 0 aliphatic carbocycles.